The lowest BCUT2D eigenvalue weighted by Crippen LogP contribution is -2.32. The van der Waals surface area contributed by atoms with E-state index in [1.165, 1.54) is 26.0 Å². The summed E-state index contributed by atoms with van der Waals surface area (Å²) >= 11 is 0. The van der Waals surface area contributed by atoms with Gasteiger partial charge in [0.1, 0.15) is 18.5 Å². The van der Waals surface area contributed by atoms with Crippen LogP contribution in [0.5, 0.6) is 0 Å². The molecule has 0 aliphatic heterocycles. The Morgan fingerprint density at radius 2 is 1.39 bits per heavy atom. The van der Waals surface area contributed by atoms with E-state index in [0.717, 1.165) is 0 Å². The molecule has 2 atom stereocenters. The van der Waals surface area contributed by atoms with Gasteiger partial charge in [-0.15, -0.1) is 0 Å². The van der Waals surface area contributed by atoms with Crippen LogP contribution in [0.3, 0.4) is 0 Å². The molecule has 0 saturated heterocycles. The first-order valence-corrected chi connectivity index (χ1v) is 7.27. The second-order valence-electron chi connectivity index (χ2n) is 4.07. The van der Waals surface area contributed by atoms with Crippen molar-refractivity contribution in [3.8, 4) is 0 Å². The van der Waals surface area contributed by atoms with Gasteiger partial charge in [-0.2, -0.15) is 0 Å². The van der Waals surface area contributed by atoms with Crippen molar-refractivity contribution >= 4 is 24.4 Å². The van der Waals surface area contributed by atoms with Crippen molar-refractivity contribution in [2.45, 2.75) is 25.2 Å². The number of hydrogen-bond donors (Lipinski definition) is 2. The van der Waals surface area contributed by atoms with Gasteiger partial charge < -0.3 is 14.8 Å². The molecule has 98 valence electrons. The van der Waals surface area contributed by atoms with Crippen molar-refractivity contribution in [1.29, 1.82) is 0 Å². The molecule has 0 amide bonds. The molecule has 0 heterocycles. The largest absolute Gasteiger partial charge is 0.481 e. The summed E-state index contributed by atoms with van der Waals surface area (Å²) in [6.07, 6.45) is 0. The molecule has 0 radical (unpaired) electrons. The normalized spacial score (nSPS) is 17.4. The van der Waals surface area contributed by atoms with E-state index in [1.807, 2.05) is 0 Å². The number of aliphatic carboxylic acids is 2. The fraction of sp³-hybridized carbons (Fsp3) is 0.333. The van der Waals surface area contributed by atoms with E-state index in [1.54, 1.807) is 18.2 Å². The molecule has 0 spiro atoms. The minimum Gasteiger partial charge on any atom is -0.481 e. The van der Waals surface area contributed by atoms with Crippen LogP contribution < -0.4 is 5.30 Å². The van der Waals surface area contributed by atoms with Crippen molar-refractivity contribution in [1.82, 2.24) is 0 Å². The summed E-state index contributed by atoms with van der Waals surface area (Å²) in [4.78, 5) is 22.2. The average Bonchev–Trinajstić information content (AvgIpc) is 2.36. The second-order valence-corrected chi connectivity index (χ2v) is 7.56. The van der Waals surface area contributed by atoms with Gasteiger partial charge in [-0.1, -0.05) is 30.3 Å². The van der Waals surface area contributed by atoms with Crippen LogP contribution >= 0.6 is 7.14 Å². The van der Waals surface area contributed by atoms with E-state index in [-0.39, 0.29) is 5.30 Å². The Labute approximate surface area is 105 Å². The molecule has 1 aromatic carbocycles. The van der Waals surface area contributed by atoms with Gasteiger partial charge in [0.25, 0.3) is 0 Å². The van der Waals surface area contributed by atoms with Crippen molar-refractivity contribution < 1.29 is 24.4 Å². The van der Waals surface area contributed by atoms with Crippen LogP contribution in [0.2, 0.25) is 0 Å². The maximum Gasteiger partial charge on any atom is 0.314 e. The average molecular weight is 270 g/mol. The summed E-state index contributed by atoms with van der Waals surface area (Å²) in [6.45, 7) is 2.57. The first-order chi connectivity index (χ1) is 8.31. The highest BCUT2D eigenvalue weighted by Crippen LogP contribution is 2.54. The minimum absolute atomic E-state index is 0.287. The third-order valence-electron chi connectivity index (χ3n) is 3.03. The summed E-state index contributed by atoms with van der Waals surface area (Å²) < 4.78 is 12.9. The molecule has 0 aliphatic carbocycles. The number of hydrogen-bond acceptors (Lipinski definition) is 3. The van der Waals surface area contributed by atoms with Crippen LogP contribution in [-0.4, -0.2) is 33.5 Å². The zero-order chi connectivity index (χ0) is 13.9. The van der Waals surface area contributed by atoms with Crippen LogP contribution in [0.15, 0.2) is 30.3 Å². The number of carboxylic acid groups (broad SMARTS) is 2. The monoisotopic (exact) mass is 270 g/mol. The number of carboxylic acids is 2. The van der Waals surface area contributed by atoms with E-state index in [9.17, 15) is 14.2 Å². The quantitative estimate of drug-likeness (QED) is 0.793. The predicted molar refractivity (Wildman–Crippen MR) is 67.9 cm³/mol. The van der Waals surface area contributed by atoms with Gasteiger partial charge >= 0.3 is 11.9 Å². The molecule has 0 aliphatic rings. The SMILES string of the molecule is CC(C(=O)O)P(=O)(c1ccccc1)C(C)C(=O)O. The maximum atomic E-state index is 12.9. The van der Waals surface area contributed by atoms with Gasteiger partial charge in [-0.3, -0.25) is 9.59 Å². The molecule has 0 fully saturated rings. The Kier molecular flexibility index (Phi) is 4.30. The summed E-state index contributed by atoms with van der Waals surface area (Å²) in [5.74, 6) is -2.51. The second kappa shape index (κ2) is 5.36. The number of benzene rings is 1. The first-order valence-electron chi connectivity index (χ1n) is 5.42. The Hall–Kier alpha value is -1.61. The molecule has 6 heteroatoms. The number of rotatable bonds is 5. The maximum absolute atomic E-state index is 12.9. The number of carbonyl (C=O) groups is 2. The molecule has 0 bridgehead atoms. The lowest BCUT2D eigenvalue weighted by molar-refractivity contribution is -0.136. The highest BCUT2D eigenvalue weighted by atomic mass is 31.2. The van der Waals surface area contributed by atoms with E-state index in [2.05, 4.69) is 0 Å². The lowest BCUT2D eigenvalue weighted by Gasteiger charge is -2.26. The predicted octanol–water partition coefficient (Wildman–Crippen LogP) is 1.62. The lowest BCUT2D eigenvalue weighted by atomic mass is 10.4. The molecule has 0 saturated carbocycles. The highest BCUT2D eigenvalue weighted by Gasteiger charge is 2.44. The molecular formula is C12H15O5P. The van der Waals surface area contributed by atoms with Gasteiger partial charge in [0, 0.05) is 5.30 Å². The summed E-state index contributed by atoms with van der Waals surface area (Å²) in [7, 11) is -3.57. The van der Waals surface area contributed by atoms with Gasteiger partial charge in [-0.05, 0) is 13.8 Å². The third kappa shape index (κ3) is 2.46. The molecular weight excluding hydrogens is 255 g/mol. The van der Waals surface area contributed by atoms with E-state index in [4.69, 9.17) is 10.2 Å². The zero-order valence-electron chi connectivity index (χ0n) is 10.1. The summed E-state index contributed by atoms with van der Waals surface area (Å²) in [5.41, 5.74) is -2.46. The molecule has 18 heavy (non-hydrogen) atoms. The van der Waals surface area contributed by atoms with E-state index in [0.29, 0.717) is 0 Å². The Bertz CT molecular complexity index is 472. The Morgan fingerprint density at radius 1 is 1.00 bits per heavy atom. The van der Waals surface area contributed by atoms with Crippen molar-refractivity contribution in [3.05, 3.63) is 30.3 Å². The third-order valence-corrected chi connectivity index (χ3v) is 6.87. The van der Waals surface area contributed by atoms with Crippen LogP contribution in [0.4, 0.5) is 0 Å². The van der Waals surface area contributed by atoms with Gasteiger partial charge in [0.05, 0.1) is 0 Å². The van der Waals surface area contributed by atoms with Gasteiger partial charge in [0.15, 0.2) is 0 Å². The molecule has 5 nitrogen and oxygen atoms in total. The smallest absolute Gasteiger partial charge is 0.314 e. The van der Waals surface area contributed by atoms with Crippen molar-refractivity contribution in [2.24, 2.45) is 0 Å². The summed E-state index contributed by atoms with van der Waals surface area (Å²) in [6, 6.07) is 7.96. The topological polar surface area (TPSA) is 91.7 Å². The minimum atomic E-state index is -3.57. The molecule has 2 N–H and O–H groups in total. The Balaban J connectivity index is 3.40. The molecule has 0 aromatic heterocycles. The zero-order valence-corrected chi connectivity index (χ0v) is 11.0. The fourth-order valence-electron chi connectivity index (χ4n) is 1.77. The standard InChI is InChI=1S/C12H15O5P/c1-8(11(13)14)18(17,9(2)12(15)16)10-6-4-3-5-7-10/h3-9H,1-2H3,(H,13,14)(H,15,16). The van der Waals surface area contributed by atoms with Crippen LogP contribution in [0.25, 0.3) is 0 Å². The van der Waals surface area contributed by atoms with Crippen molar-refractivity contribution in [2.75, 3.05) is 0 Å². The van der Waals surface area contributed by atoms with E-state index < -0.39 is 30.4 Å². The molecule has 1 rings (SSSR count). The van der Waals surface area contributed by atoms with E-state index >= 15 is 0 Å². The first kappa shape index (κ1) is 14.5. The van der Waals surface area contributed by atoms with Gasteiger partial charge in [-0.25, -0.2) is 0 Å². The summed E-state index contributed by atoms with van der Waals surface area (Å²) in [5, 5.41) is 18.4. The van der Waals surface area contributed by atoms with Crippen LogP contribution in [-0.2, 0) is 14.2 Å². The highest BCUT2D eigenvalue weighted by molar-refractivity contribution is 7.74. The molecule has 2 unspecified atom stereocenters. The Morgan fingerprint density at radius 3 is 1.72 bits per heavy atom. The fourth-order valence-corrected chi connectivity index (χ4v) is 4.63. The van der Waals surface area contributed by atoms with Crippen LogP contribution in [0.1, 0.15) is 13.8 Å². The van der Waals surface area contributed by atoms with Crippen molar-refractivity contribution in [3.63, 3.8) is 0 Å². The van der Waals surface area contributed by atoms with Crippen LogP contribution in [0, 0.1) is 0 Å². The molecule has 1 aromatic rings. The van der Waals surface area contributed by atoms with Gasteiger partial charge in [0.2, 0.25) is 0 Å².